The summed E-state index contributed by atoms with van der Waals surface area (Å²) in [5.74, 6) is -0.0535. The number of nitrogens with one attached hydrogen (secondary N) is 3. The molecule has 0 unspecified atom stereocenters. The topological polar surface area (TPSA) is 206 Å². The summed E-state index contributed by atoms with van der Waals surface area (Å²) in [6, 6.07) is 40.8. The standard InChI is InChI=1S/C58H57N7O8S/c1-37-29-46(33-48-52(37)60-35-49(55(59)67)53(48)62-43-16-10-17-44(32-43)72-4)74(70,71)45-18-9-15-42(31-45)57(69)65-27-25-64(26-28-65)56(68)41-14-8-13-39(30-41)34-58(2,3)61-24-23-40-19-21-50(54-47(40)20-22-51(66)63-54)73-36-38-11-6-5-7-12-38/h5-22,29-33,35,61H,23-28,34,36H2,1-4H3,(H2,59,67)(H,60,62)(H,63,66). The molecule has 0 atom stereocenters. The second kappa shape index (κ2) is 21.4. The predicted molar refractivity (Wildman–Crippen MR) is 286 cm³/mol. The third-order valence-electron chi connectivity index (χ3n) is 13.3. The van der Waals surface area contributed by atoms with Crippen LogP contribution in [-0.2, 0) is 29.3 Å². The zero-order valence-electron chi connectivity index (χ0n) is 41.6. The number of pyridine rings is 2. The van der Waals surface area contributed by atoms with Crippen molar-refractivity contribution in [3.8, 4) is 11.5 Å². The van der Waals surface area contributed by atoms with Gasteiger partial charge in [0.05, 0.1) is 39.2 Å². The minimum absolute atomic E-state index is 0.0577. The molecule has 9 rings (SSSR count). The number of hydrogen-bond acceptors (Lipinski definition) is 11. The molecule has 0 radical (unpaired) electrons. The lowest BCUT2D eigenvalue weighted by Gasteiger charge is -2.35. The average Bonchev–Trinajstić information content (AvgIpc) is 3.40. The van der Waals surface area contributed by atoms with E-state index in [0.29, 0.717) is 83.8 Å². The van der Waals surface area contributed by atoms with Gasteiger partial charge in [-0.15, -0.1) is 0 Å². The SMILES string of the molecule is COc1cccc(Nc2c(C(N)=O)cnc3c(C)cc(S(=O)(=O)c4cccc(C(=O)N5CCN(C(=O)c6cccc(CC(C)(C)NCCc7ccc(OCc8ccccc8)c8[nH]c(=O)ccc78)c6)CC5)c4)cc23)c1. The molecule has 5 N–H and O–H groups in total. The highest BCUT2D eigenvalue weighted by Gasteiger charge is 2.29. The molecule has 16 heteroatoms. The van der Waals surface area contributed by atoms with Gasteiger partial charge in [0.2, 0.25) is 15.4 Å². The number of carbonyl (C=O) groups is 3. The Balaban J connectivity index is 0.824. The van der Waals surface area contributed by atoms with Crippen molar-refractivity contribution in [2.24, 2.45) is 5.73 Å². The fraction of sp³-hybridized carbons (Fsp3) is 0.224. The molecule has 0 aliphatic carbocycles. The van der Waals surface area contributed by atoms with Gasteiger partial charge in [0.15, 0.2) is 0 Å². The van der Waals surface area contributed by atoms with Crippen molar-refractivity contribution in [1.82, 2.24) is 25.1 Å². The number of carbonyl (C=O) groups excluding carboxylic acids is 3. The predicted octanol–water partition coefficient (Wildman–Crippen LogP) is 8.40. The Labute approximate surface area is 429 Å². The summed E-state index contributed by atoms with van der Waals surface area (Å²) in [4.78, 5) is 63.5. The molecule has 378 valence electrons. The molecule has 1 saturated heterocycles. The van der Waals surface area contributed by atoms with Crippen LogP contribution < -0.4 is 31.4 Å². The molecule has 8 aromatic rings. The van der Waals surface area contributed by atoms with E-state index in [9.17, 15) is 27.6 Å². The summed E-state index contributed by atoms with van der Waals surface area (Å²) >= 11 is 0. The number of H-pyrrole nitrogens is 1. The van der Waals surface area contributed by atoms with E-state index in [1.807, 2.05) is 66.7 Å². The molecule has 2 aromatic heterocycles. The van der Waals surface area contributed by atoms with Gasteiger partial charge >= 0.3 is 0 Å². The molecular weight excluding hydrogens is 955 g/mol. The Kier molecular flexibility index (Phi) is 14.6. The van der Waals surface area contributed by atoms with E-state index in [4.69, 9.17) is 15.2 Å². The minimum atomic E-state index is -4.21. The van der Waals surface area contributed by atoms with Gasteiger partial charge in [0.1, 0.15) is 18.1 Å². The maximum absolute atomic E-state index is 14.4. The van der Waals surface area contributed by atoms with Crippen molar-refractivity contribution in [1.29, 1.82) is 0 Å². The summed E-state index contributed by atoms with van der Waals surface area (Å²) in [5.41, 5.74) is 11.7. The van der Waals surface area contributed by atoms with Gasteiger partial charge in [-0.05, 0) is 129 Å². The van der Waals surface area contributed by atoms with Gasteiger partial charge in [-0.25, -0.2) is 8.42 Å². The van der Waals surface area contributed by atoms with E-state index in [1.54, 1.807) is 53.1 Å². The molecule has 0 saturated carbocycles. The van der Waals surface area contributed by atoms with Crippen LogP contribution in [0.3, 0.4) is 0 Å². The van der Waals surface area contributed by atoms with E-state index in [-0.39, 0.29) is 62.6 Å². The van der Waals surface area contributed by atoms with E-state index < -0.39 is 15.7 Å². The third-order valence-corrected chi connectivity index (χ3v) is 15.0. The van der Waals surface area contributed by atoms with Crippen LogP contribution in [0.2, 0.25) is 0 Å². The largest absolute Gasteiger partial charge is 0.497 e. The van der Waals surface area contributed by atoms with E-state index >= 15 is 0 Å². The first-order valence-corrected chi connectivity index (χ1v) is 25.8. The number of ether oxygens (including phenoxy) is 2. The number of amides is 3. The average molecular weight is 1010 g/mol. The molecule has 0 spiro atoms. The molecule has 15 nitrogen and oxygen atoms in total. The Morgan fingerprint density at radius 3 is 2.16 bits per heavy atom. The first-order chi connectivity index (χ1) is 35.6. The second-order valence-electron chi connectivity index (χ2n) is 19.1. The van der Waals surface area contributed by atoms with Gasteiger partial charge in [0, 0.05) is 77.6 Å². The number of fused-ring (bicyclic) bond motifs is 2. The summed E-state index contributed by atoms with van der Waals surface area (Å²) in [6.45, 7) is 8.15. The molecule has 74 heavy (non-hydrogen) atoms. The third kappa shape index (κ3) is 11.2. The van der Waals surface area contributed by atoms with Crippen molar-refractivity contribution < 1.29 is 32.3 Å². The lowest BCUT2D eigenvalue weighted by Crippen LogP contribution is -2.50. The highest BCUT2D eigenvalue weighted by molar-refractivity contribution is 7.91. The van der Waals surface area contributed by atoms with Crippen molar-refractivity contribution >= 4 is 60.7 Å². The van der Waals surface area contributed by atoms with Crippen LogP contribution in [0, 0.1) is 6.92 Å². The number of piperazine rings is 1. The minimum Gasteiger partial charge on any atom is -0.497 e. The fourth-order valence-electron chi connectivity index (χ4n) is 9.46. The summed E-state index contributed by atoms with van der Waals surface area (Å²) in [6.07, 6.45) is 2.72. The Morgan fingerprint density at radius 2 is 1.45 bits per heavy atom. The number of rotatable bonds is 17. The smallest absolute Gasteiger partial charge is 0.254 e. The van der Waals surface area contributed by atoms with Crippen molar-refractivity contribution in [2.45, 2.75) is 55.5 Å². The number of nitrogens with two attached hydrogens (primary N) is 1. The number of primary amides is 1. The number of nitrogens with zero attached hydrogens (tertiary/aromatic N) is 3. The first kappa shape index (κ1) is 50.6. The fourth-order valence-corrected chi connectivity index (χ4v) is 10.9. The van der Waals surface area contributed by atoms with Crippen LogP contribution in [0.4, 0.5) is 11.4 Å². The molecule has 3 amide bonds. The molecule has 3 heterocycles. The van der Waals surface area contributed by atoms with Crippen LogP contribution in [0.15, 0.2) is 160 Å². The highest BCUT2D eigenvalue weighted by atomic mass is 32.2. The summed E-state index contributed by atoms with van der Waals surface area (Å²) in [7, 11) is -2.67. The summed E-state index contributed by atoms with van der Waals surface area (Å²) in [5, 5.41) is 8.20. The van der Waals surface area contributed by atoms with Gasteiger partial charge in [0.25, 0.3) is 17.7 Å². The quantitative estimate of drug-likeness (QED) is 0.0682. The Hall–Kier alpha value is -8.34. The van der Waals surface area contributed by atoms with Gasteiger partial charge in [-0.1, -0.05) is 60.7 Å². The molecule has 1 fully saturated rings. The van der Waals surface area contributed by atoms with Gasteiger partial charge < -0.3 is 40.6 Å². The molecular formula is C58H57N7O8S. The Morgan fingerprint density at radius 1 is 0.757 bits per heavy atom. The summed E-state index contributed by atoms with van der Waals surface area (Å²) < 4.78 is 40.3. The molecule has 0 bridgehead atoms. The monoisotopic (exact) mass is 1010 g/mol. The van der Waals surface area contributed by atoms with E-state index in [2.05, 4.69) is 34.4 Å². The zero-order valence-corrected chi connectivity index (χ0v) is 42.4. The van der Waals surface area contributed by atoms with Crippen LogP contribution >= 0.6 is 0 Å². The van der Waals surface area contributed by atoms with E-state index in [1.165, 1.54) is 49.7 Å². The molecule has 6 aromatic carbocycles. The number of sulfone groups is 1. The lowest BCUT2D eigenvalue weighted by molar-refractivity contribution is 0.0535. The van der Waals surface area contributed by atoms with Gasteiger partial charge in [-0.2, -0.15) is 0 Å². The maximum atomic E-state index is 14.4. The van der Waals surface area contributed by atoms with Crippen LogP contribution in [0.1, 0.15) is 67.2 Å². The van der Waals surface area contributed by atoms with Crippen molar-refractivity contribution in [2.75, 3.05) is 45.2 Å². The second-order valence-corrected chi connectivity index (χ2v) is 21.0. The molecule has 1 aliphatic rings. The number of anilines is 2. The van der Waals surface area contributed by atoms with Crippen LogP contribution in [-0.4, -0.2) is 91.3 Å². The van der Waals surface area contributed by atoms with Crippen LogP contribution in [0.25, 0.3) is 21.8 Å². The number of aromatic nitrogens is 2. The highest BCUT2D eigenvalue weighted by Crippen LogP contribution is 2.35. The van der Waals surface area contributed by atoms with E-state index in [0.717, 1.165) is 22.1 Å². The number of benzene rings is 6. The number of aromatic amines is 1. The van der Waals surface area contributed by atoms with Crippen molar-refractivity contribution in [3.63, 3.8) is 0 Å². The number of methoxy groups -OCH3 is 1. The van der Waals surface area contributed by atoms with Crippen LogP contribution in [0.5, 0.6) is 11.5 Å². The maximum Gasteiger partial charge on any atom is 0.254 e. The Bertz CT molecular complexity index is 3610. The number of aryl methyl sites for hydroxylation is 1. The normalized spacial score (nSPS) is 13.0. The van der Waals surface area contributed by atoms with Crippen molar-refractivity contribution in [3.05, 3.63) is 195 Å². The number of hydrogen-bond donors (Lipinski definition) is 4. The van der Waals surface area contributed by atoms with Gasteiger partial charge in [-0.3, -0.25) is 24.2 Å². The lowest BCUT2D eigenvalue weighted by atomic mass is 9.93. The molecule has 1 aliphatic heterocycles. The zero-order chi connectivity index (χ0) is 52.1. The first-order valence-electron chi connectivity index (χ1n) is 24.3.